The van der Waals surface area contributed by atoms with E-state index in [1.54, 1.807) is 0 Å². The molecule has 3 heterocycles. The van der Waals surface area contributed by atoms with Gasteiger partial charge in [0.25, 0.3) is 0 Å². The Morgan fingerprint density at radius 3 is 2.67 bits per heavy atom. The lowest BCUT2D eigenvalue weighted by Crippen LogP contribution is -3.00. The Balaban J connectivity index is 0.00000120. The van der Waals surface area contributed by atoms with E-state index < -0.39 is 0 Å². The molecule has 0 spiro atoms. The van der Waals surface area contributed by atoms with Crippen LogP contribution in [0.2, 0.25) is 0 Å². The predicted molar refractivity (Wildman–Crippen MR) is 72.0 cm³/mol. The van der Waals surface area contributed by atoms with Crippen LogP contribution in [-0.4, -0.2) is 27.4 Å². The topological polar surface area (TPSA) is 20.5 Å². The van der Waals surface area contributed by atoms with Crippen LogP contribution in [0.15, 0.2) is 29.0 Å². The van der Waals surface area contributed by atoms with Crippen LogP contribution >= 0.6 is 15.9 Å². The first-order chi connectivity index (χ1) is 8.34. The number of likely N-dealkylation sites (tertiary alicyclic amines) is 1. The Hall–Kier alpha value is -0.390. The molecule has 98 valence electrons. The number of hydrogen-bond donors (Lipinski definition) is 0. The molecule has 0 bridgehead atoms. The van der Waals surface area contributed by atoms with Crippen molar-refractivity contribution >= 4 is 21.6 Å². The van der Waals surface area contributed by atoms with E-state index in [0.717, 1.165) is 22.5 Å². The number of halogens is 2. The zero-order valence-corrected chi connectivity index (χ0v) is 13.3. The minimum atomic E-state index is 0. The third-order valence-corrected chi connectivity index (χ3v) is 4.20. The normalized spacial score (nSPS) is 16.7. The molecule has 0 atom stereocenters. The smallest absolute Gasteiger partial charge is 0.137 e. The number of rotatable bonds is 2. The number of fused-ring (bicyclic) bond motifs is 1. The van der Waals surface area contributed by atoms with Gasteiger partial charge in [-0.3, -0.25) is 9.30 Å². The average Bonchev–Trinajstić information content (AvgIpc) is 2.68. The van der Waals surface area contributed by atoms with Gasteiger partial charge in [-0.1, -0.05) is 12.5 Å². The zero-order valence-electron chi connectivity index (χ0n) is 10.1. The van der Waals surface area contributed by atoms with Crippen molar-refractivity contribution in [2.45, 2.75) is 25.8 Å². The van der Waals surface area contributed by atoms with Gasteiger partial charge >= 0.3 is 0 Å². The minimum absolute atomic E-state index is 0. The van der Waals surface area contributed by atoms with Crippen LogP contribution < -0.4 is 17.0 Å². The quantitative estimate of drug-likeness (QED) is 0.743. The minimum Gasteiger partial charge on any atom is -1.00 e. The number of piperidine rings is 1. The Kier molecular flexibility index (Phi) is 4.81. The highest BCUT2D eigenvalue weighted by Gasteiger charge is 2.15. The Morgan fingerprint density at radius 1 is 1.17 bits per heavy atom. The maximum Gasteiger partial charge on any atom is 0.137 e. The molecule has 3 rings (SSSR count). The number of hydrogen-bond acceptors (Lipinski definition) is 2. The molecule has 1 fully saturated rings. The molecular formula is C13H16Br2N3-. The van der Waals surface area contributed by atoms with Gasteiger partial charge < -0.3 is 17.0 Å². The van der Waals surface area contributed by atoms with E-state index in [0.29, 0.717) is 0 Å². The van der Waals surface area contributed by atoms with Gasteiger partial charge in [0, 0.05) is 12.7 Å². The maximum absolute atomic E-state index is 4.68. The fourth-order valence-corrected chi connectivity index (χ4v) is 2.96. The van der Waals surface area contributed by atoms with Crippen LogP contribution in [0.3, 0.4) is 0 Å². The van der Waals surface area contributed by atoms with Gasteiger partial charge in [0.05, 0.1) is 5.69 Å². The largest absolute Gasteiger partial charge is 1.00 e. The molecule has 2 aromatic heterocycles. The first-order valence-electron chi connectivity index (χ1n) is 6.18. The molecule has 0 aromatic carbocycles. The highest BCUT2D eigenvalue weighted by atomic mass is 79.9. The third-order valence-electron chi connectivity index (χ3n) is 3.36. The first kappa shape index (κ1) is 14.0. The van der Waals surface area contributed by atoms with Crippen LogP contribution in [0.4, 0.5) is 0 Å². The molecule has 0 unspecified atom stereocenters. The lowest BCUT2D eigenvalue weighted by molar-refractivity contribution is -0.00000350. The molecule has 0 aliphatic carbocycles. The van der Waals surface area contributed by atoms with Crippen molar-refractivity contribution in [3.8, 4) is 0 Å². The van der Waals surface area contributed by atoms with Crippen LogP contribution in [-0.2, 0) is 6.54 Å². The fraction of sp³-hybridized carbons (Fsp3) is 0.462. The van der Waals surface area contributed by atoms with Crippen molar-refractivity contribution in [3.05, 3.63) is 34.7 Å². The summed E-state index contributed by atoms with van der Waals surface area (Å²) in [7, 11) is 0. The van der Waals surface area contributed by atoms with E-state index in [1.807, 2.05) is 24.4 Å². The standard InChI is InChI=1S/C13H16BrN3.BrH/c14-13-11(10-16-7-3-1-4-8-16)15-12-6-2-5-9-17(12)13;/h2,5-6,9H,1,3-4,7-8,10H2;1H/p-1. The summed E-state index contributed by atoms with van der Waals surface area (Å²) in [5.74, 6) is 0. The molecule has 18 heavy (non-hydrogen) atoms. The van der Waals surface area contributed by atoms with Crippen LogP contribution in [0.1, 0.15) is 25.0 Å². The monoisotopic (exact) mass is 372 g/mol. The summed E-state index contributed by atoms with van der Waals surface area (Å²) in [6, 6.07) is 6.11. The SMILES string of the molecule is Brc1c(CN2CCCCC2)nc2ccccn12.[Br-]. The van der Waals surface area contributed by atoms with Gasteiger partial charge in [0.1, 0.15) is 10.3 Å². The number of aromatic nitrogens is 2. The summed E-state index contributed by atoms with van der Waals surface area (Å²) in [4.78, 5) is 7.18. The molecule has 1 aliphatic rings. The Morgan fingerprint density at radius 2 is 1.94 bits per heavy atom. The van der Waals surface area contributed by atoms with Crippen molar-refractivity contribution in [3.63, 3.8) is 0 Å². The highest BCUT2D eigenvalue weighted by Crippen LogP contribution is 2.21. The summed E-state index contributed by atoms with van der Waals surface area (Å²) in [5, 5.41) is 0. The average molecular weight is 374 g/mol. The van der Waals surface area contributed by atoms with Gasteiger partial charge in [0.15, 0.2) is 0 Å². The number of imidazole rings is 1. The lowest BCUT2D eigenvalue weighted by atomic mass is 10.1. The van der Waals surface area contributed by atoms with Gasteiger partial charge in [-0.05, 0) is 54.0 Å². The van der Waals surface area contributed by atoms with Crippen molar-refractivity contribution < 1.29 is 17.0 Å². The van der Waals surface area contributed by atoms with Gasteiger partial charge in [-0.2, -0.15) is 0 Å². The first-order valence-corrected chi connectivity index (χ1v) is 6.98. The maximum atomic E-state index is 4.68. The predicted octanol–water partition coefficient (Wildman–Crippen LogP) is 0.0867. The molecule has 0 amide bonds. The van der Waals surface area contributed by atoms with Crippen molar-refractivity contribution in [1.82, 2.24) is 14.3 Å². The molecule has 0 radical (unpaired) electrons. The summed E-state index contributed by atoms with van der Waals surface area (Å²) < 4.78 is 3.19. The lowest BCUT2D eigenvalue weighted by Gasteiger charge is -2.25. The number of pyridine rings is 1. The summed E-state index contributed by atoms with van der Waals surface area (Å²) in [6.07, 6.45) is 6.07. The van der Waals surface area contributed by atoms with Crippen molar-refractivity contribution in [1.29, 1.82) is 0 Å². The van der Waals surface area contributed by atoms with Gasteiger partial charge in [0.2, 0.25) is 0 Å². The fourth-order valence-electron chi connectivity index (χ4n) is 2.44. The summed E-state index contributed by atoms with van der Waals surface area (Å²) in [6.45, 7) is 3.38. The molecule has 1 aliphatic heterocycles. The van der Waals surface area contributed by atoms with E-state index in [1.165, 1.54) is 32.4 Å². The van der Waals surface area contributed by atoms with E-state index in [-0.39, 0.29) is 17.0 Å². The van der Waals surface area contributed by atoms with Gasteiger partial charge in [-0.15, -0.1) is 0 Å². The van der Waals surface area contributed by atoms with Crippen LogP contribution in [0.25, 0.3) is 5.65 Å². The van der Waals surface area contributed by atoms with E-state index in [9.17, 15) is 0 Å². The van der Waals surface area contributed by atoms with Gasteiger partial charge in [-0.25, -0.2) is 4.98 Å². The Bertz CT molecular complexity index is 518. The molecule has 3 nitrogen and oxygen atoms in total. The van der Waals surface area contributed by atoms with Crippen molar-refractivity contribution in [2.75, 3.05) is 13.1 Å². The number of nitrogens with zero attached hydrogens (tertiary/aromatic N) is 3. The molecule has 0 N–H and O–H groups in total. The molecule has 2 aromatic rings. The van der Waals surface area contributed by atoms with E-state index in [4.69, 9.17) is 0 Å². The zero-order chi connectivity index (χ0) is 11.7. The molecule has 5 heteroatoms. The van der Waals surface area contributed by atoms with E-state index in [2.05, 4.69) is 30.2 Å². The summed E-state index contributed by atoms with van der Waals surface area (Å²) in [5.41, 5.74) is 2.17. The van der Waals surface area contributed by atoms with Crippen LogP contribution in [0, 0.1) is 0 Å². The Labute approximate surface area is 126 Å². The van der Waals surface area contributed by atoms with Crippen LogP contribution in [0.5, 0.6) is 0 Å². The second kappa shape index (κ2) is 6.17. The molecule has 0 saturated carbocycles. The highest BCUT2D eigenvalue weighted by molar-refractivity contribution is 9.10. The van der Waals surface area contributed by atoms with E-state index >= 15 is 0 Å². The third kappa shape index (κ3) is 2.78. The second-order valence-electron chi connectivity index (χ2n) is 4.61. The van der Waals surface area contributed by atoms with Crippen molar-refractivity contribution in [2.24, 2.45) is 0 Å². The molecular weight excluding hydrogens is 358 g/mol. The second-order valence-corrected chi connectivity index (χ2v) is 5.37. The molecule has 1 saturated heterocycles. The summed E-state index contributed by atoms with van der Waals surface area (Å²) >= 11 is 3.65.